The summed E-state index contributed by atoms with van der Waals surface area (Å²) in [6, 6.07) is 8.79. The van der Waals surface area contributed by atoms with Crippen LogP contribution in [0.1, 0.15) is 35.2 Å². The second-order valence-electron chi connectivity index (χ2n) is 6.46. The highest BCUT2D eigenvalue weighted by molar-refractivity contribution is 5.93. The molecule has 1 atom stereocenters. The van der Waals surface area contributed by atoms with Crippen LogP contribution in [0, 0.1) is 11.3 Å². The summed E-state index contributed by atoms with van der Waals surface area (Å²) < 4.78 is 6.81. The van der Waals surface area contributed by atoms with E-state index in [4.69, 9.17) is 15.7 Å². The molecule has 1 aromatic heterocycles. The van der Waals surface area contributed by atoms with Crippen LogP contribution in [-0.4, -0.2) is 45.2 Å². The number of hydrogen-bond acceptors (Lipinski definition) is 6. The number of carbonyl (C=O) groups is 2. The minimum Gasteiger partial charge on any atom is -0.449 e. The number of anilines is 1. The average molecular weight is 351 g/mol. The molecule has 2 heterocycles. The van der Waals surface area contributed by atoms with Gasteiger partial charge in [0.05, 0.1) is 17.4 Å². The van der Waals surface area contributed by atoms with Crippen molar-refractivity contribution < 1.29 is 14.3 Å². The van der Waals surface area contributed by atoms with Crippen LogP contribution in [0.5, 0.6) is 0 Å². The Kier molecular flexibility index (Phi) is 3.84. The second-order valence-corrected chi connectivity index (χ2v) is 6.46. The van der Waals surface area contributed by atoms with Crippen LogP contribution in [0.15, 0.2) is 30.5 Å². The van der Waals surface area contributed by atoms with Gasteiger partial charge in [-0.05, 0) is 37.1 Å². The molecule has 2 aliphatic rings. The topological polar surface area (TPSA) is 114 Å². The number of likely N-dealkylation sites (tertiary alicyclic amines) is 1. The maximum atomic E-state index is 12.3. The molecule has 1 unspecified atom stereocenters. The van der Waals surface area contributed by atoms with Crippen LogP contribution in [0.2, 0.25) is 0 Å². The smallest absolute Gasteiger partial charge is 0.338 e. The van der Waals surface area contributed by atoms with E-state index in [2.05, 4.69) is 5.10 Å². The number of benzene rings is 1. The van der Waals surface area contributed by atoms with Crippen LogP contribution in [0.4, 0.5) is 5.82 Å². The molecular weight excluding hydrogens is 334 g/mol. The lowest BCUT2D eigenvalue weighted by Gasteiger charge is -2.15. The van der Waals surface area contributed by atoms with Crippen LogP contribution < -0.4 is 5.73 Å². The Morgan fingerprint density at radius 1 is 1.27 bits per heavy atom. The van der Waals surface area contributed by atoms with Crippen LogP contribution in [0.25, 0.3) is 5.69 Å². The normalized spacial score (nSPS) is 19.4. The summed E-state index contributed by atoms with van der Waals surface area (Å²) in [6.07, 6.45) is 3.31. The number of carbonyl (C=O) groups excluding carboxylic acids is 2. The van der Waals surface area contributed by atoms with Crippen LogP contribution in [0.3, 0.4) is 0 Å². The highest BCUT2D eigenvalue weighted by Crippen LogP contribution is 2.31. The molecule has 8 nitrogen and oxygen atoms in total. The number of esters is 1. The predicted molar refractivity (Wildman–Crippen MR) is 91.2 cm³/mol. The Balaban J connectivity index is 1.45. The molecule has 8 heteroatoms. The number of nitrogens with zero attached hydrogens (tertiary/aromatic N) is 4. The SMILES string of the molecule is N#Cc1cnn(-c2ccc(C(=O)OC3CCN(C4CC4)C3=O)cc2)c1N. The Hall–Kier alpha value is -3.34. The van der Waals surface area contributed by atoms with E-state index in [1.807, 2.05) is 11.0 Å². The average Bonchev–Trinajstić information content (AvgIpc) is 3.34. The van der Waals surface area contributed by atoms with Crippen LogP contribution >= 0.6 is 0 Å². The largest absolute Gasteiger partial charge is 0.449 e. The van der Waals surface area contributed by atoms with E-state index in [0.29, 0.717) is 30.3 Å². The first kappa shape index (κ1) is 16.1. The summed E-state index contributed by atoms with van der Waals surface area (Å²) in [7, 11) is 0. The van der Waals surface area contributed by atoms with Gasteiger partial charge in [-0.1, -0.05) is 0 Å². The van der Waals surface area contributed by atoms with Gasteiger partial charge in [-0.15, -0.1) is 0 Å². The Morgan fingerprint density at radius 2 is 2.00 bits per heavy atom. The highest BCUT2D eigenvalue weighted by Gasteiger charge is 2.42. The van der Waals surface area contributed by atoms with Crippen molar-refractivity contribution in [3.8, 4) is 11.8 Å². The maximum Gasteiger partial charge on any atom is 0.338 e. The Bertz CT molecular complexity index is 908. The van der Waals surface area contributed by atoms with Crippen LogP contribution in [-0.2, 0) is 9.53 Å². The fourth-order valence-corrected chi connectivity index (χ4v) is 3.12. The third-order valence-electron chi connectivity index (χ3n) is 4.70. The van der Waals surface area contributed by atoms with Crippen molar-refractivity contribution in [1.82, 2.24) is 14.7 Å². The lowest BCUT2D eigenvalue weighted by Crippen LogP contribution is -2.33. The zero-order chi connectivity index (χ0) is 18.3. The van der Waals surface area contributed by atoms with Gasteiger partial charge in [0, 0.05) is 19.0 Å². The molecule has 1 saturated heterocycles. The van der Waals surface area contributed by atoms with Gasteiger partial charge in [0.25, 0.3) is 5.91 Å². The van der Waals surface area contributed by atoms with Crippen molar-refractivity contribution in [2.45, 2.75) is 31.4 Å². The summed E-state index contributed by atoms with van der Waals surface area (Å²) in [5.41, 5.74) is 7.11. The second kappa shape index (κ2) is 6.19. The molecule has 26 heavy (non-hydrogen) atoms. The van der Waals surface area contributed by atoms with Crippen molar-refractivity contribution in [3.63, 3.8) is 0 Å². The first-order chi connectivity index (χ1) is 12.6. The number of nitrogens with two attached hydrogens (primary N) is 1. The van der Waals surface area contributed by atoms with E-state index in [0.717, 1.165) is 12.8 Å². The Morgan fingerprint density at radius 3 is 2.62 bits per heavy atom. The van der Waals surface area contributed by atoms with Crippen molar-refractivity contribution in [3.05, 3.63) is 41.6 Å². The third-order valence-corrected chi connectivity index (χ3v) is 4.70. The Labute approximate surface area is 149 Å². The summed E-state index contributed by atoms with van der Waals surface area (Å²) >= 11 is 0. The number of aromatic nitrogens is 2. The molecule has 1 aromatic carbocycles. The zero-order valence-corrected chi connectivity index (χ0v) is 14.0. The van der Waals surface area contributed by atoms with Gasteiger partial charge < -0.3 is 15.4 Å². The summed E-state index contributed by atoms with van der Waals surface area (Å²) in [4.78, 5) is 26.4. The van der Waals surface area contributed by atoms with E-state index < -0.39 is 12.1 Å². The molecule has 0 bridgehead atoms. The quantitative estimate of drug-likeness (QED) is 0.829. The van der Waals surface area contributed by atoms with E-state index >= 15 is 0 Å². The van der Waals surface area contributed by atoms with Crippen molar-refractivity contribution in [1.29, 1.82) is 5.26 Å². The number of amides is 1. The molecule has 1 aliphatic carbocycles. The fourth-order valence-electron chi connectivity index (χ4n) is 3.12. The molecule has 132 valence electrons. The predicted octanol–water partition coefficient (Wildman–Crippen LogP) is 1.25. The monoisotopic (exact) mass is 351 g/mol. The first-order valence-electron chi connectivity index (χ1n) is 8.44. The van der Waals surface area contributed by atoms with E-state index in [1.54, 1.807) is 24.3 Å². The van der Waals surface area contributed by atoms with E-state index in [-0.39, 0.29) is 17.3 Å². The minimum atomic E-state index is -0.692. The molecule has 1 aliphatic heterocycles. The molecule has 4 rings (SSSR count). The first-order valence-corrected chi connectivity index (χ1v) is 8.44. The van der Waals surface area contributed by atoms with Gasteiger partial charge in [-0.25, -0.2) is 9.48 Å². The standard InChI is InChI=1S/C18H17N5O3/c19-9-12-10-21-23(16(12)20)14-3-1-11(2-4-14)18(25)26-15-7-8-22(17(15)24)13-5-6-13/h1-4,10,13,15H,5-8,20H2. The number of hydrogen-bond donors (Lipinski definition) is 1. The van der Waals surface area contributed by atoms with Crippen molar-refractivity contribution in [2.24, 2.45) is 0 Å². The fraction of sp³-hybridized carbons (Fsp3) is 0.333. The molecule has 2 fully saturated rings. The highest BCUT2D eigenvalue weighted by atomic mass is 16.5. The number of nitriles is 1. The molecule has 1 saturated carbocycles. The number of ether oxygens (including phenoxy) is 1. The molecule has 0 radical (unpaired) electrons. The summed E-state index contributed by atoms with van der Waals surface area (Å²) in [5, 5.41) is 13.0. The van der Waals surface area contributed by atoms with Gasteiger partial charge in [0.2, 0.25) is 0 Å². The van der Waals surface area contributed by atoms with E-state index in [9.17, 15) is 9.59 Å². The van der Waals surface area contributed by atoms with Gasteiger partial charge in [0.1, 0.15) is 17.5 Å². The summed E-state index contributed by atoms with van der Waals surface area (Å²) in [5.74, 6) is -0.385. The number of nitrogen functional groups attached to an aromatic ring is 1. The van der Waals surface area contributed by atoms with E-state index in [1.165, 1.54) is 10.9 Å². The number of rotatable bonds is 4. The third kappa shape index (κ3) is 2.77. The maximum absolute atomic E-state index is 12.3. The minimum absolute atomic E-state index is 0.0918. The lowest BCUT2D eigenvalue weighted by molar-refractivity contribution is -0.135. The molecule has 1 amide bonds. The molecule has 2 N–H and O–H groups in total. The zero-order valence-electron chi connectivity index (χ0n) is 14.0. The molecule has 2 aromatic rings. The molecular formula is C18H17N5O3. The molecule has 0 spiro atoms. The van der Waals surface area contributed by atoms with Gasteiger partial charge in [0.15, 0.2) is 6.10 Å². The van der Waals surface area contributed by atoms with Gasteiger partial charge in [-0.2, -0.15) is 10.4 Å². The summed E-state index contributed by atoms with van der Waals surface area (Å²) in [6.45, 7) is 0.653. The lowest BCUT2D eigenvalue weighted by atomic mass is 10.2. The van der Waals surface area contributed by atoms with Crippen molar-refractivity contribution >= 4 is 17.7 Å². The van der Waals surface area contributed by atoms with Gasteiger partial charge in [-0.3, -0.25) is 4.79 Å². The van der Waals surface area contributed by atoms with Gasteiger partial charge >= 0.3 is 5.97 Å². The van der Waals surface area contributed by atoms with Crippen molar-refractivity contribution in [2.75, 3.05) is 12.3 Å².